The molecule has 1 aliphatic carbocycles. The van der Waals surface area contributed by atoms with Crippen molar-refractivity contribution in [1.82, 2.24) is 4.31 Å². The van der Waals surface area contributed by atoms with Crippen LogP contribution < -0.4 is 0 Å². The largest absolute Gasteiger partial charge is 0.465 e. The molecule has 116 valence electrons. The Hall–Kier alpha value is -1.40. The minimum absolute atomic E-state index is 0.203. The number of nitrogens with zero attached hydrogens (tertiary/aromatic N) is 1. The van der Waals surface area contributed by atoms with Crippen molar-refractivity contribution in [2.24, 2.45) is 0 Å². The molecule has 1 aromatic rings. The van der Waals surface area contributed by atoms with E-state index in [-0.39, 0.29) is 17.5 Å². The zero-order valence-corrected chi connectivity index (χ0v) is 13.4. The quantitative estimate of drug-likeness (QED) is 0.755. The number of carbonyl (C=O) groups excluding carboxylic acids is 1. The van der Waals surface area contributed by atoms with Gasteiger partial charge in [-0.15, -0.1) is 0 Å². The van der Waals surface area contributed by atoms with Crippen LogP contribution in [-0.4, -0.2) is 36.9 Å². The van der Waals surface area contributed by atoms with Crippen molar-refractivity contribution in [2.75, 3.05) is 6.61 Å². The maximum atomic E-state index is 12.9. The van der Waals surface area contributed by atoms with E-state index >= 15 is 0 Å². The van der Waals surface area contributed by atoms with Crippen LogP contribution in [0, 0.1) is 0 Å². The van der Waals surface area contributed by atoms with Gasteiger partial charge >= 0.3 is 5.97 Å². The Morgan fingerprint density at radius 3 is 2.29 bits per heavy atom. The number of sulfonamides is 1. The van der Waals surface area contributed by atoms with Crippen molar-refractivity contribution < 1.29 is 17.9 Å². The van der Waals surface area contributed by atoms with Gasteiger partial charge in [0.1, 0.15) is 5.54 Å². The second-order valence-electron chi connectivity index (χ2n) is 5.46. The number of esters is 1. The number of rotatable bonds is 6. The van der Waals surface area contributed by atoms with Gasteiger partial charge in [0, 0.05) is 6.04 Å². The van der Waals surface area contributed by atoms with Gasteiger partial charge in [-0.05, 0) is 45.7 Å². The van der Waals surface area contributed by atoms with Crippen LogP contribution in [0.5, 0.6) is 0 Å². The average molecular weight is 311 g/mol. The smallest absolute Gasteiger partial charge is 0.327 e. The van der Waals surface area contributed by atoms with E-state index in [0.29, 0.717) is 12.8 Å². The molecule has 0 bridgehead atoms. The molecule has 0 aliphatic heterocycles. The second-order valence-corrected chi connectivity index (χ2v) is 7.27. The van der Waals surface area contributed by atoms with Crippen LogP contribution in [0.2, 0.25) is 0 Å². The SMILES string of the molecule is CCOC(=O)C1(N(C(C)C)S(=O)(=O)c2ccccc2)CC1. The fourth-order valence-electron chi connectivity index (χ4n) is 2.61. The van der Waals surface area contributed by atoms with Gasteiger partial charge in [-0.3, -0.25) is 4.79 Å². The summed E-state index contributed by atoms with van der Waals surface area (Å²) >= 11 is 0. The van der Waals surface area contributed by atoms with Crippen molar-refractivity contribution in [2.45, 2.75) is 50.1 Å². The van der Waals surface area contributed by atoms with Gasteiger partial charge in [-0.2, -0.15) is 4.31 Å². The van der Waals surface area contributed by atoms with E-state index in [4.69, 9.17) is 4.74 Å². The fourth-order valence-corrected chi connectivity index (χ4v) is 4.61. The van der Waals surface area contributed by atoms with Gasteiger partial charge in [-0.1, -0.05) is 18.2 Å². The molecule has 1 aromatic carbocycles. The average Bonchev–Trinajstić information content (AvgIpc) is 3.21. The van der Waals surface area contributed by atoms with Gasteiger partial charge in [0.15, 0.2) is 0 Å². The summed E-state index contributed by atoms with van der Waals surface area (Å²) in [5, 5.41) is 0. The van der Waals surface area contributed by atoms with Crippen LogP contribution in [0.15, 0.2) is 35.2 Å². The summed E-state index contributed by atoms with van der Waals surface area (Å²) in [4.78, 5) is 12.4. The van der Waals surface area contributed by atoms with Crippen molar-refractivity contribution in [1.29, 1.82) is 0 Å². The highest BCUT2D eigenvalue weighted by molar-refractivity contribution is 7.89. The maximum absolute atomic E-state index is 12.9. The highest BCUT2D eigenvalue weighted by atomic mass is 32.2. The third kappa shape index (κ3) is 2.82. The molecule has 5 nitrogen and oxygen atoms in total. The molecular weight excluding hydrogens is 290 g/mol. The number of ether oxygens (including phenoxy) is 1. The Morgan fingerprint density at radius 1 is 1.29 bits per heavy atom. The van der Waals surface area contributed by atoms with E-state index in [2.05, 4.69) is 0 Å². The second kappa shape index (κ2) is 5.77. The van der Waals surface area contributed by atoms with E-state index < -0.39 is 21.5 Å². The molecule has 0 spiro atoms. The summed E-state index contributed by atoms with van der Waals surface area (Å²) in [6.45, 7) is 5.52. The Labute approximate surface area is 126 Å². The minimum Gasteiger partial charge on any atom is -0.465 e. The number of hydrogen-bond donors (Lipinski definition) is 0. The zero-order valence-electron chi connectivity index (χ0n) is 12.6. The number of hydrogen-bond acceptors (Lipinski definition) is 4. The predicted octanol–water partition coefficient (Wildman–Crippen LogP) is 2.18. The summed E-state index contributed by atoms with van der Waals surface area (Å²) in [6.07, 6.45) is 1.02. The predicted molar refractivity (Wildman–Crippen MR) is 79.2 cm³/mol. The van der Waals surface area contributed by atoms with Crippen LogP contribution in [0.3, 0.4) is 0 Å². The normalized spacial score (nSPS) is 17.0. The Morgan fingerprint density at radius 2 is 1.86 bits per heavy atom. The molecule has 0 saturated heterocycles. The molecular formula is C15H21NO4S. The van der Waals surface area contributed by atoms with Crippen LogP contribution in [0.1, 0.15) is 33.6 Å². The summed E-state index contributed by atoms with van der Waals surface area (Å²) in [5.41, 5.74) is -1.03. The van der Waals surface area contributed by atoms with Gasteiger partial charge in [-0.25, -0.2) is 8.42 Å². The maximum Gasteiger partial charge on any atom is 0.327 e. The molecule has 1 aliphatic rings. The highest BCUT2D eigenvalue weighted by Gasteiger charge is 2.61. The molecule has 1 saturated carbocycles. The van der Waals surface area contributed by atoms with Crippen LogP contribution in [-0.2, 0) is 19.6 Å². The number of benzene rings is 1. The fraction of sp³-hybridized carbons (Fsp3) is 0.533. The Kier molecular flexibility index (Phi) is 4.39. The number of carbonyl (C=O) groups is 1. The molecule has 0 N–H and O–H groups in total. The van der Waals surface area contributed by atoms with E-state index in [1.54, 1.807) is 51.1 Å². The molecule has 6 heteroatoms. The molecule has 0 aromatic heterocycles. The lowest BCUT2D eigenvalue weighted by Crippen LogP contribution is -2.51. The lowest BCUT2D eigenvalue weighted by atomic mass is 10.2. The highest BCUT2D eigenvalue weighted by Crippen LogP contribution is 2.46. The summed E-state index contributed by atoms with van der Waals surface area (Å²) in [5.74, 6) is -0.446. The van der Waals surface area contributed by atoms with Crippen molar-refractivity contribution >= 4 is 16.0 Å². The van der Waals surface area contributed by atoms with Crippen LogP contribution >= 0.6 is 0 Å². The van der Waals surface area contributed by atoms with E-state index in [1.165, 1.54) is 4.31 Å². The minimum atomic E-state index is -3.73. The first-order valence-electron chi connectivity index (χ1n) is 7.13. The van der Waals surface area contributed by atoms with Gasteiger partial charge < -0.3 is 4.74 Å². The molecule has 0 unspecified atom stereocenters. The van der Waals surface area contributed by atoms with E-state index in [1.807, 2.05) is 0 Å². The van der Waals surface area contributed by atoms with Crippen LogP contribution in [0.4, 0.5) is 0 Å². The van der Waals surface area contributed by atoms with Crippen molar-refractivity contribution in [3.05, 3.63) is 30.3 Å². The first-order chi connectivity index (χ1) is 9.86. The monoisotopic (exact) mass is 311 g/mol. The molecule has 0 atom stereocenters. The molecule has 0 heterocycles. The third-order valence-corrected chi connectivity index (χ3v) is 5.73. The van der Waals surface area contributed by atoms with E-state index in [0.717, 1.165) is 0 Å². The third-order valence-electron chi connectivity index (χ3n) is 3.57. The van der Waals surface area contributed by atoms with Crippen LogP contribution in [0.25, 0.3) is 0 Å². The molecule has 1 fully saturated rings. The van der Waals surface area contributed by atoms with Gasteiger partial charge in [0.05, 0.1) is 11.5 Å². The molecule has 21 heavy (non-hydrogen) atoms. The van der Waals surface area contributed by atoms with Gasteiger partial charge in [0.2, 0.25) is 10.0 Å². The lowest BCUT2D eigenvalue weighted by Gasteiger charge is -2.32. The lowest BCUT2D eigenvalue weighted by molar-refractivity contribution is -0.149. The summed E-state index contributed by atoms with van der Waals surface area (Å²) in [6, 6.07) is 7.89. The molecule has 0 amide bonds. The standard InChI is InChI=1S/C15H21NO4S/c1-4-20-14(17)15(10-11-15)16(12(2)3)21(18,19)13-8-6-5-7-9-13/h5-9,12H,4,10-11H2,1-3H3. The van der Waals surface area contributed by atoms with Gasteiger partial charge in [0.25, 0.3) is 0 Å². The summed E-state index contributed by atoms with van der Waals surface area (Å²) in [7, 11) is -3.73. The molecule has 2 rings (SSSR count). The first-order valence-corrected chi connectivity index (χ1v) is 8.57. The van der Waals surface area contributed by atoms with Crippen molar-refractivity contribution in [3.8, 4) is 0 Å². The Balaban J connectivity index is 2.44. The first kappa shape index (κ1) is 16.0. The van der Waals surface area contributed by atoms with E-state index in [9.17, 15) is 13.2 Å². The molecule has 0 radical (unpaired) electrons. The zero-order chi connectivity index (χ0) is 15.7. The topological polar surface area (TPSA) is 63.7 Å². The summed E-state index contributed by atoms with van der Waals surface area (Å²) < 4.78 is 32.2. The Bertz CT molecular complexity index is 606. The van der Waals surface area contributed by atoms with Crippen molar-refractivity contribution in [3.63, 3.8) is 0 Å².